The molecule has 162 valence electrons. The number of morpholine rings is 1. The zero-order valence-electron chi connectivity index (χ0n) is 17.6. The van der Waals surface area contributed by atoms with Crippen LogP contribution in [0.5, 0.6) is 5.75 Å². The molecule has 2 aliphatic heterocycles. The molecule has 0 radical (unpaired) electrons. The minimum Gasteiger partial charge on any atom is -0.494 e. The van der Waals surface area contributed by atoms with Gasteiger partial charge in [-0.05, 0) is 31.2 Å². The first-order valence-corrected chi connectivity index (χ1v) is 11.6. The van der Waals surface area contributed by atoms with Crippen molar-refractivity contribution in [2.75, 3.05) is 65.6 Å². The van der Waals surface area contributed by atoms with Crippen molar-refractivity contribution >= 4 is 17.2 Å². The number of piperazine rings is 1. The van der Waals surface area contributed by atoms with E-state index in [2.05, 4.69) is 27.3 Å². The Morgan fingerprint density at radius 1 is 1.07 bits per heavy atom. The molecule has 1 aromatic carbocycles. The smallest absolute Gasteiger partial charge is 0.236 e. The molecule has 2 aromatic rings. The standard InChI is InChI=1S/C22H30N4O3S/c1-2-29-20-5-3-18(4-6-20)22-23-19(17-30-22)15-24-7-9-26(10-8-24)21(27)16-25-11-13-28-14-12-25/h3-6,17H,2,7-16H2,1H3. The molecule has 8 heteroatoms. The summed E-state index contributed by atoms with van der Waals surface area (Å²) in [6, 6.07) is 8.11. The lowest BCUT2D eigenvalue weighted by atomic mass is 10.2. The van der Waals surface area contributed by atoms with Crippen LogP contribution in [0.4, 0.5) is 0 Å². The van der Waals surface area contributed by atoms with Crippen LogP contribution in [0.15, 0.2) is 29.6 Å². The van der Waals surface area contributed by atoms with Crippen molar-refractivity contribution in [1.29, 1.82) is 0 Å². The quantitative estimate of drug-likeness (QED) is 0.671. The fourth-order valence-corrected chi connectivity index (χ4v) is 4.62. The number of benzene rings is 1. The third-order valence-corrected chi connectivity index (χ3v) is 6.48. The second-order valence-electron chi connectivity index (χ2n) is 7.65. The molecular weight excluding hydrogens is 400 g/mol. The van der Waals surface area contributed by atoms with Gasteiger partial charge in [-0.2, -0.15) is 0 Å². The molecule has 2 saturated heterocycles. The van der Waals surface area contributed by atoms with Gasteiger partial charge in [-0.25, -0.2) is 4.98 Å². The van der Waals surface area contributed by atoms with Crippen molar-refractivity contribution < 1.29 is 14.3 Å². The van der Waals surface area contributed by atoms with E-state index in [4.69, 9.17) is 14.5 Å². The Kier molecular flexibility index (Phi) is 7.33. The maximum Gasteiger partial charge on any atom is 0.236 e. The van der Waals surface area contributed by atoms with Gasteiger partial charge < -0.3 is 14.4 Å². The molecule has 2 aliphatic rings. The largest absolute Gasteiger partial charge is 0.494 e. The highest BCUT2D eigenvalue weighted by atomic mass is 32.1. The number of thiazole rings is 1. The molecular formula is C22H30N4O3S. The van der Waals surface area contributed by atoms with E-state index >= 15 is 0 Å². The number of aromatic nitrogens is 1. The Bertz CT molecular complexity index is 812. The Balaban J connectivity index is 1.24. The van der Waals surface area contributed by atoms with Gasteiger partial charge in [-0.15, -0.1) is 11.3 Å². The fourth-order valence-electron chi connectivity index (χ4n) is 3.81. The second-order valence-corrected chi connectivity index (χ2v) is 8.50. The molecule has 0 unspecified atom stereocenters. The number of carbonyl (C=O) groups is 1. The van der Waals surface area contributed by atoms with Gasteiger partial charge >= 0.3 is 0 Å². The lowest BCUT2D eigenvalue weighted by Crippen LogP contribution is -2.52. The van der Waals surface area contributed by atoms with E-state index < -0.39 is 0 Å². The first-order chi connectivity index (χ1) is 14.7. The summed E-state index contributed by atoms with van der Waals surface area (Å²) in [6.45, 7) is 10.5. The highest BCUT2D eigenvalue weighted by molar-refractivity contribution is 7.13. The Hall–Kier alpha value is -2.00. The van der Waals surface area contributed by atoms with Gasteiger partial charge in [0.1, 0.15) is 10.8 Å². The van der Waals surface area contributed by atoms with Crippen LogP contribution in [0.3, 0.4) is 0 Å². The molecule has 0 N–H and O–H groups in total. The predicted molar refractivity (Wildman–Crippen MR) is 118 cm³/mol. The molecule has 1 amide bonds. The minimum atomic E-state index is 0.239. The van der Waals surface area contributed by atoms with Gasteiger partial charge in [0, 0.05) is 56.8 Å². The molecule has 1 aromatic heterocycles. The van der Waals surface area contributed by atoms with Crippen molar-refractivity contribution in [2.24, 2.45) is 0 Å². The van der Waals surface area contributed by atoms with Crippen LogP contribution in [0.25, 0.3) is 10.6 Å². The maximum atomic E-state index is 12.6. The van der Waals surface area contributed by atoms with Crippen LogP contribution in [0, 0.1) is 0 Å². The van der Waals surface area contributed by atoms with E-state index in [1.165, 1.54) is 0 Å². The van der Waals surface area contributed by atoms with Gasteiger partial charge in [0.15, 0.2) is 0 Å². The summed E-state index contributed by atoms with van der Waals surface area (Å²) < 4.78 is 10.9. The molecule has 0 spiro atoms. The normalized spacial score (nSPS) is 18.5. The number of carbonyl (C=O) groups excluding carboxylic acids is 1. The SMILES string of the molecule is CCOc1ccc(-c2nc(CN3CCN(C(=O)CN4CCOCC4)CC3)cs2)cc1. The van der Waals surface area contributed by atoms with Gasteiger partial charge in [0.05, 0.1) is 32.1 Å². The summed E-state index contributed by atoms with van der Waals surface area (Å²) in [4.78, 5) is 24.0. The van der Waals surface area contributed by atoms with E-state index in [1.807, 2.05) is 24.0 Å². The van der Waals surface area contributed by atoms with Crippen molar-refractivity contribution in [3.63, 3.8) is 0 Å². The molecule has 7 nitrogen and oxygen atoms in total. The Morgan fingerprint density at radius 3 is 2.50 bits per heavy atom. The number of hydrogen-bond acceptors (Lipinski definition) is 7. The van der Waals surface area contributed by atoms with E-state index in [-0.39, 0.29) is 5.91 Å². The van der Waals surface area contributed by atoms with Crippen molar-refractivity contribution in [1.82, 2.24) is 19.7 Å². The molecule has 0 saturated carbocycles. The van der Waals surface area contributed by atoms with E-state index in [0.717, 1.165) is 81.0 Å². The number of amides is 1. The third-order valence-electron chi connectivity index (χ3n) is 5.54. The lowest BCUT2D eigenvalue weighted by Gasteiger charge is -2.36. The van der Waals surface area contributed by atoms with Crippen molar-refractivity contribution in [3.8, 4) is 16.3 Å². The first-order valence-electron chi connectivity index (χ1n) is 10.7. The third kappa shape index (κ3) is 5.57. The van der Waals surface area contributed by atoms with Crippen molar-refractivity contribution in [2.45, 2.75) is 13.5 Å². The number of ether oxygens (including phenoxy) is 2. The molecule has 0 atom stereocenters. The summed E-state index contributed by atoms with van der Waals surface area (Å²) in [5.41, 5.74) is 2.21. The predicted octanol–water partition coefficient (Wildman–Crippen LogP) is 2.19. The second kappa shape index (κ2) is 10.3. The van der Waals surface area contributed by atoms with E-state index in [0.29, 0.717) is 13.2 Å². The topological polar surface area (TPSA) is 58.1 Å². The average Bonchev–Trinajstić information content (AvgIpc) is 3.24. The summed E-state index contributed by atoms with van der Waals surface area (Å²) in [5, 5.41) is 3.18. The van der Waals surface area contributed by atoms with Gasteiger partial charge in [0.25, 0.3) is 0 Å². The van der Waals surface area contributed by atoms with Crippen molar-refractivity contribution in [3.05, 3.63) is 35.3 Å². The lowest BCUT2D eigenvalue weighted by molar-refractivity contribution is -0.135. The Morgan fingerprint density at radius 2 is 1.80 bits per heavy atom. The number of nitrogens with zero attached hydrogens (tertiary/aromatic N) is 4. The zero-order valence-corrected chi connectivity index (χ0v) is 18.4. The number of rotatable bonds is 7. The van der Waals surface area contributed by atoms with Crippen LogP contribution < -0.4 is 4.74 Å². The summed E-state index contributed by atoms with van der Waals surface area (Å²) in [6.07, 6.45) is 0. The fraction of sp³-hybridized carbons (Fsp3) is 0.545. The van der Waals surface area contributed by atoms with Gasteiger partial charge in [-0.3, -0.25) is 14.6 Å². The molecule has 0 aliphatic carbocycles. The molecule has 2 fully saturated rings. The van der Waals surface area contributed by atoms with Crippen LogP contribution >= 0.6 is 11.3 Å². The van der Waals surface area contributed by atoms with E-state index in [9.17, 15) is 4.79 Å². The summed E-state index contributed by atoms with van der Waals surface area (Å²) >= 11 is 1.68. The molecule has 30 heavy (non-hydrogen) atoms. The average molecular weight is 431 g/mol. The van der Waals surface area contributed by atoms with Gasteiger partial charge in [-0.1, -0.05) is 0 Å². The highest BCUT2D eigenvalue weighted by Crippen LogP contribution is 2.26. The van der Waals surface area contributed by atoms with Crippen LogP contribution in [-0.2, 0) is 16.1 Å². The highest BCUT2D eigenvalue weighted by Gasteiger charge is 2.24. The monoisotopic (exact) mass is 430 g/mol. The Labute approximate surface area is 182 Å². The summed E-state index contributed by atoms with van der Waals surface area (Å²) in [5.74, 6) is 1.13. The molecule has 3 heterocycles. The maximum absolute atomic E-state index is 12.6. The molecule has 0 bridgehead atoms. The molecule has 4 rings (SSSR count). The van der Waals surface area contributed by atoms with Crippen LogP contribution in [0.2, 0.25) is 0 Å². The summed E-state index contributed by atoms with van der Waals surface area (Å²) in [7, 11) is 0. The minimum absolute atomic E-state index is 0.239. The first kappa shape index (κ1) is 21.2. The van der Waals surface area contributed by atoms with Crippen LogP contribution in [-0.4, -0.2) is 91.2 Å². The number of hydrogen-bond donors (Lipinski definition) is 0. The van der Waals surface area contributed by atoms with E-state index in [1.54, 1.807) is 11.3 Å². The van der Waals surface area contributed by atoms with Crippen LogP contribution in [0.1, 0.15) is 12.6 Å². The van der Waals surface area contributed by atoms with Gasteiger partial charge in [0.2, 0.25) is 5.91 Å². The zero-order chi connectivity index (χ0) is 20.8.